The number of hydrogen-bond acceptors (Lipinski definition) is 14. The highest BCUT2D eigenvalue weighted by molar-refractivity contribution is 6.10. The summed E-state index contributed by atoms with van der Waals surface area (Å²) in [6.45, 7) is 8.66. The molecule has 7 unspecified atom stereocenters. The maximum Gasteiger partial charge on any atom is 0.249 e. The van der Waals surface area contributed by atoms with Gasteiger partial charge in [0, 0.05) is 83.3 Å². The molecule has 18 heteroatoms. The van der Waals surface area contributed by atoms with Crippen LogP contribution < -0.4 is 37.7 Å². The zero-order chi connectivity index (χ0) is 38.4. The molecule has 0 spiro atoms. The van der Waals surface area contributed by atoms with Crippen LogP contribution in [-0.2, 0) is 28.8 Å². The number of carbonyl (C=O) groups is 6. The first-order valence-corrected chi connectivity index (χ1v) is 20.7. The molecule has 7 heterocycles. The number of hydrogen-bond donors (Lipinski definition) is 7. The molecule has 8 aliphatic rings. The van der Waals surface area contributed by atoms with Gasteiger partial charge < -0.3 is 21.3 Å². The molecule has 0 radical (unpaired) electrons. The quantitative estimate of drug-likeness (QED) is 0.107. The van der Waals surface area contributed by atoms with Crippen molar-refractivity contribution in [1.29, 1.82) is 0 Å². The Kier molecular flexibility index (Phi) is 11.6. The first-order valence-electron chi connectivity index (χ1n) is 20.7. The van der Waals surface area contributed by atoms with Crippen molar-refractivity contribution in [2.24, 2.45) is 29.4 Å². The standard InChI is InChI=1S/C37H60N12O6/c1-45-19-24(14-40-45)41-33-31(32(38)51)39-15-29(43-33)47-10-2-3-23(20-47)42-34(52)22-8-11-46(12-9-22)16-21-17-48(18-21)25-4-5-26-27(13-25)37(55)49(36(26)54)28-6-7-30(50)44-35(28)53/h21-29,31,33,39-41,43H,2-20H2,1H3,(H2,38,51)(H,42,52)(H,44,50,53)/t23-,24?,25?,26?,27?,28+,29?,31?,33?/m1/s1. The van der Waals surface area contributed by atoms with Crippen molar-refractivity contribution in [3.05, 3.63) is 0 Å². The molecule has 7 saturated heterocycles. The Morgan fingerprint density at radius 3 is 2.36 bits per heavy atom. The molecule has 1 aliphatic carbocycles. The van der Waals surface area contributed by atoms with E-state index in [0.29, 0.717) is 25.3 Å². The number of nitrogens with zero attached hydrogens (tertiary/aromatic N) is 5. The van der Waals surface area contributed by atoms with Crippen LogP contribution in [0.3, 0.4) is 0 Å². The summed E-state index contributed by atoms with van der Waals surface area (Å²) >= 11 is 0. The normalized spacial score (nSPS) is 37.8. The summed E-state index contributed by atoms with van der Waals surface area (Å²) in [6.07, 6.45) is 5.89. The van der Waals surface area contributed by atoms with E-state index in [4.69, 9.17) is 5.73 Å². The lowest BCUT2D eigenvalue weighted by atomic mass is 9.76. The van der Waals surface area contributed by atoms with Crippen LogP contribution in [-0.4, -0.2) is 175 Å². The van der Waals surface area contributed by atoms with E-state index < -0.39 is 18.0 Å². The maximum absolute atomic E-state index is 13.5. The van der Waals surface area contributed by atoms with E-state index in [0.717, 1.165) is 91.0 Å². The molecule has 8 rings (SSSR count). The molecule has 0 aromatic heterocycles. The van der Waals surface area contributed by atoms with Crippen molar-refractivity contribution in [3.8, 4) is 0 Å². The van der Waals surface area contributed by atoms with E-state index in [9.17, 15) is 28.8 Å². The Labute approximate surface area is 322 Å². The summed E-state index contributed by atoms with van der Waals surface area (Å²) in [7, 11) is 2.00. The summed E-state index contributed by atoms with van der Waals surface area (Å²) in [6, 6.07) is -0.838. The smallest absolute Gasteiger partial charge is 0.249 e. The monoisotopic (exact) mass is 768 g/mol. The fourth-order valence-corrected chi connectivity index (χ4v) is 10.7. The molecule has 0 aromatic carbocycles. The van der Waals surface area contributed by atoms with E-state index in [1.165, 1.54) is 4.90 Å². The second kappa shape index (κ2) is 16.4. The van der Waals surface area contributed by atoms with E-state index in [1.807, 2.05) is 12.1 Å². The number of rotatable bonds is 10. The van der Waals surface area contributed by atoms with Crippen LogP contribution in [0.5, 0.6) is 0 Å². The van der Waals surface area contributed by atoms with Crippen LogP contribution >= 0.6 is 0 Å². The number of primary amides is 1. The van der Waals surface area contributed by atoms with Crippen LogP contribution in [0, 0.1) is 23.7 Å². The molecular formula is C37H60N12O6. The molecule has 6 amide bonds. The Hall–Kier alpha value is -3.10. The number of nitrogens with two attached hydrogens (primary N) is 1. The molecule has 8 fully saturated rings. The second-order valence-corrected chi connectivity index (χ2v) is 17.5. The van der Waals surface area contributed by atoms with Gasteiger partial charge in [-0.1, -0.05) is 0 Å². The Balaban J connectivity index is 0.744. The fraction of sp³-hybridized carbons (Fsp3) is 0.838. The number of piperazine rings is 1. The molecule has 7 aliphatic heterocycles. The van der Waals surface area contributed by atoms with Gasteiger partial charge in [-0.25, -0.2) is 5.01 Å². The molecule has 9 atom stereocenters. The average Bonchev–Trinajstić information content (AvgIpc) is 3.67. The Morgan fingerprint density at radius 1 is 0.855 bits per heavy atom. The van der Waals surface area contributed by atoms with Crippen molar-refractivity contribution in [3.63, 3.8) is 0 Å². The topological polar surface area (TPSA) is 217 Å². The fourth-order valence-electron chi connectivity index (χ4n) is 10.7. The van der Waals surface area contributed by atoms with Gasteiger partial charge in [0.05, 0.1) is 24.2 Å². The largest absolute Gasteiger partial charge is 0.368 e. The predicted octanol–water partition coefficient (Wildman–Crippen LogP) is -3.72. The van der Waals surface area contributed by atoms with Gasteiger partial charge in [-0.15, -0.1) is 0 Å². The van der Waals surface area contributed by atoms with Crippen molar-refractivity contribution >= 4 is 35.4 Å². The summed E-state index contributed by atoms with van der Waals surface area (Å²) in [5.74, 6) is -1.79. The summed E-state index contributed by atoms with van der Waals surface area (Å²) in [4.78, 5) is 84.9. The number of nitrogens with one attached hydrogen (secondary N) is 6. The minimum absolute atomic E-state index is 0.0172. The highest BCUT2D eigenvalue weighted by atomic mass is 16.2. The average molecular weight is 769 g/mol. The van der Waals surface area contributed by atoms with Gasteiger partial charge in [-0.05, 0) is 76.9 Å². The molecule has 0 aromatic rings. The Bertz CT molecular complexity index is 1500. The number of hydrazine groups is 1. The lowest BCUT2D eigenvalue weighted by Gasteiger charge is -2.48. The van der Waals surface area contributed by atoms with E-state index >= 15 is 0 Å². The van der Waals surface area contributed by atoms with Gasteiger partial charge in [0.2, 0.25) is 35.4 Å². The minimum atomic E-state index is -0.872. The first-order chi connectivity index (χ1) is 26.5. The summed E-state index contributed by atoms with van der Waals surface area (Å²) in [5.41, 5.74) is 9.04. The molecule has 18 nitrogen and oxygen atoms in total. The van der Waals surface area contributed by atoms with Crippen molar-refractivity contribution < 1.29 is 28.8 Å². The number of imide groups is 2. The first kappa shape index (κ1) is 38.8. The number of piperidine rings is 3. The van der Waals surface area contributed by atoms with Crippen LogP contribution in [0.4, 0.5) is 0 Å². The van der Waals surface area contributed by atoms with Gasteiger partial charge in [-0.3, -0.25) is 64.8 Å². The maximum atomic E-state index is 13.5. The van der Waals surface area contributed by atoms with Gasteiger partial charge in [-0.2, -0.15) is 0 Å². The third-order valence-corrected chi connectivity index (χ3v) is 13.7. The van der Waals surface area contributed by atoms with Crippen molar-refractivity contribution in [2.45, 2.75) is 100 Å². The number of carbonyl (C=O) groups excluding carboxylic acids is 6. The number of likely N-dealkylation sites (tertiary alicyclic amines) is 4. The van der Waals surface area contributed by atoms with Crippen LogP contribution in [0.1, 0.15) is 57.8 Å². The number of fused-ring (bicyclic) bond motifs is 1. The van der Waals surface area contributed by atoms with Crippen LogP contribution in [0.25, 0.3) is 0 Å². The second-order valence-electron chi connectivity index (χ2n) is 17.5. The van der Waals surface area contributed by atoms with Crippen molar-refractivity contribution in [2.75, 3.05) is 72.5 Å². The van der Waals surface area contributed by atoms with E-state index in [2.05, 4.69) is 46.7 Å². The molecule has 0 bridgehead atoms. The Morgan fingerprint density at radius 2 is 1.64 bits per heavy atom. The predicted molar refractivity (Wildman–Crippen MR) is 199 cm³/mol. The lowest BCUT2D eigenvalue weighted by Crippen LogP contribution is -2.74. The third kappa shape index (κ3) is 8.33. The van der Waals surface area contributed by atoms with E-state index in [1.54, 1.807) is 0 Å². The molecule has 304 valence electrons. The molecule has 55 heavy (non-hydrogen) atoms. The van der Waals surface area contributed by atoms with Crippen LogP contribution in [0.15, 0.2) is 0 Å². The molecule has 1 saturated carbocycles. The zero-order valence-corrected chi connectivity index (χ0v) is 32.0. The summed E-state index contributed by atoms with van der Waals surface area (Å²) < 4.78 is 0. The minimum Gasteiger partial charge on any atom is -0.368 e. The van der Waals surface area contributed by atoms with Gasteiger partial charge in [0.25, 0.3) is 0 Å². The van der Waals surface area contributed by atoms with Crippen LogP contribution in [0.2, 0.25) is 0 Å². The molecular weight excluding hydrogens is 708 g/mol. The lowest BCUT2D eigenvalue weighted by molar-refractivity contribution is -0.151. The van der Waals surface area contributed by atoms with Crippen molar-refractivity contribution in [1.82, 2.24) is 56.6 Å². The molecule has 8 N–H and O–H groups in total. The number of amides is 6. The highest BCUT2D eigenvalue weighted by Crippen LogP contribution is 2.42. The third-order valence-electron chi connectivity index (χ3n) is 13.7. The van der Waals surface area contributed by atoms with Gasteiger partial charge in [0.1, 0.15) is 12.1 Å². The summed E-state index contributed by atoms with van der Waals surface area (Å²) in [5, 5.41) is 18.3. The number of likely N-dealkylation sites (N-methyl/N-ethyl adjacent to an activating group) is 1. The highest BCUT2D eigenvalue weighted by Gasteiger charge is 2.55. The van der Waals surface area contributed by atoms with Gasteiger partial charge in [0.15, 0.2) is 0 Å². The zero-order valence-electron chi connectivity index (χ0n) is 32.0. The van der Waals surface area contributed by atoms with E-state index in [-0.39, 0.29) is 90.6 Å². The SMILES string of the molecule is CN1CC(NC2NC(N3CCC[C@@H](NC(=O)C4CCN(CC5CN(C6CCC7C(=O)N([C@H]8CCC(=O)NC8=O)C(=O)C7C6)C5)CC4)C3)CNC2C(N)=O)CN1. The van der Waals surface area contributed by atoms with Gasteiger partial charge >= 0.3 is 0 Å².